The summed E-state index contributed by atoms with van der Waals surface area (Å²) in [5, 5.41) is 18.7. The first kappa shape index (κ1) is 18.8. The van der Waals surface area contributed by atoms with Crippen LogP contribution in [-0.4, -0.2) is 21.1 Å². The Hall–Kier alpha value is -2.97. The standard InChI is InChI=1S/C17H11Cl2N3O5/c1-9(26-17(23)14-12(18)3-2-4-13(14)19)15-20-21-16(27-15)10-5-7-11(8-6-10)22(24)25/h2-9H,1H3/t9-/m0/s1. The summed E-state index contributed by atoms with van der Waals surface area (Å²) in [7, 11) is 0. The molecule has 0 spiro atoms. The van der Waals surface area contributed by atoms with Crippen LogP contribution in [0.25, 0.3) is 11.5 Å². The number of halogens is 2. The summed E-state index contributed by atoms with van der Waals surface area (Å²) < 4.78 is 10.8. The second-order valence-electron chi connectivity index (χ2n) is 5.39. The van der Waals surface area contributed by atoms with E-state index in [9.17, 15) is 14.9 Å². The zero-order valence-electron chi connectivity index (χ0n) is 13.8. The van der Waals surface area contributed by atoms with Gasteiger partial charge in [-0.1, -0.05) is 29.3 Å². The van der Waals surface area contributed by atoms with Crippen LogP contribution in [0.5, 0.6) is 0 Å². The number of nitro groups is 1. The Morgan fingerprint density at radius 3 is 2.37 bits per heavy atom. The van der Waals surface area contributed by atoms with E-state index in [4.69, 9.17) is 32.4 Å². The maximum Gasteiger partial charge on any atom is 0.341 e. The number of carbonyl (C=O) groups is 1. The lowest BCUT2D eigenvalue weighted by molar-refractivity contribution is -0.384. The lowest BCUT2D eigenvalue weighted by Crippen LogP contribution is -2.10. The Labute approximate surface area is 162 Å². The van der Waals surface area contributed by atoms with Crippen LogP contribution in [0.15, 0.2) is 46.9 Å². The molecule has 0 unspecified atom stereocenters. The molecule has 0 saturated carbocycles. The highest BCUT2D eigenvalue weighted by molar-refractivity contribution is 6.39. The molecule has 0 bridgehead atoms. The molecular weight excluding hydrogens is 397 g/mol. The molecule has 3 rings (SSSR count). The molecule has 0 fully saturated rings. The third kappa shape index (κ3) is 4.07. The topological polar surface area (TPSA) is 108 Å². The zero-order chi connectivity index (χ0) is 19.6. The van der Waals surface area contributed by atoms with Crippen molar-refractivity contribution in [3.63, 3.8) is 0 Å². The van der Waals surface area contributed by atoms with Gasteiger partial charge < -0.3 is 9.15 Å². The molecule has 0 radical (unpaired) electrons. The molecule has 0 aliphatic carbocycles. The fraction of sp³-hybridized carbons (Fsp3) is 0.118. The quantitative estimate of drug-likeness (QED) is 0.337. The Morgan fingerprint density at radius 1 is 1.15 bits per heavy atom. The second kappa shape index (κ2) is 7.73. The number of hydrogen-bond donors (Lipinski definition) is 0. The minimum atomic E-state index is -0.857. The molecule has 138 valence electrons. The van der Waals surface area contributed by atoms with Gasteiger partial charge in [-0.3, -0.25) is 10.1 Å². The Kier molecular flexibility index (Phi) is 5.38. The highest BCUT2D eigenvalue weighted by Gasteiger charge is 2.23. The average molecular weight is 408 g/mol. The highest BCUT2D eigenvalue weighted by atomic mass is 35.5. The number of esters is 1. The van der Waals surface area contributed by atoms with Crippen molar-refractivity contribution in [1.82, 2.24) is 10.2 Å². The average Bonchev–Trinajstić information content (AvgIpc) is 3.12. The fourth-order valence-corrected chi connectivity index (χ4v) is 2.76. The molecule has 1 heterocycles. The number of benzene rings is 2. The van der Waals surface area contributed by atoms with Crippen molar-refractivity contribution in [3.8, 4) is 11.5 Å². The van der Waals surface area contributed by atoms with Crippen molar-refractivity contribution in [1.29, 1.82) is 0 Å². The van der Waals surface area contributed by atoms with Crippen LogP contribution >= 0.6 is 23.2 Å². The number of non-ortho nitro benzene ring substituents is 1. The predicted octanol–water partition coefficient (Wildman–Crippen LogP) is 4.87. The molecule has 1 aromatic heterocycles. The van der Waals surface area contributed by atoms with E-state index in [1.165, 1.54) is 36.4 Å². The van der Waals surface area contributed by atoms with E-state index in [2.05, 4.69) is 10.2 Å². The summed E-state index contributed by atoms with van der Waals surface area (Å²) in [4.78, 5) is 22.5. The number of rotatable bonds is 5. The number of carbonyl (C=O) groups excluding carboxylic acids is 1. The molecule has 27 heavy (non-hydrogen) atoms. The second-order valence-corrected chi connectivity index (χ2v) is 6.21. The lowest BCUT2D eigenvalue weighted by Gasteiger charge is -2.11. The van der Waals surface area contributed by atoms with Crippen LogP contribution in [0.3, 0.4) is 0 Å². The lowest BCUT2D eigenvalue weighted by atomic mass is 10.2. The molecule has 8 nitrogen and oxygen atoms in total. The summed E-state index contributed by atoms with van der Waals surface area (Å²) in [6.07, 6.45) is -0.857. The number of hydrogen-bond acceptors (Lipinski definition) is 7. The van der Waals surface area contributed by atoms with Gasteiger partial charge in [-0.15, -0.1) is 10.2 Å². The van der Waals surface area contributed by atoms with Gasteiger partial charge in [-0.2, -0.15) is 0 Å². The summed E-state index contributed by atoms with van der Waals surface area (Å²) in [5.74, 6) is -0.536. The van der Waals surface area contributed by atoms with Gasteiger partial charge in [-0.05, 0) is 31.2 Å². The van der Waals surface area contributed by atoms with E-state index in [1.807, 2.05) is 0 Å². The van der Waals surface area contributed by atoms with Gasteiger partial charge in [0.05, 0.1) is 20.5 Å². The number of aromatic nitrogens is 2. The smallest absolute Gasteiger partial charge is 0.341 e. The van der Waals surface area contributed by atoms with E-state index >= 15 is 0 Å². The minimum Gasteiger partial charge on any atom is -0.449 e. The van der Waals surface area contributed by atoms with Gasteiger partial charge in [0, 0.05) is 17.7 Å². The number of nitro benzene ring substituents is 1. The van der Waals surface area contributed by atoms with Gasteiger partial charge in [0.25, 0.3) is 11.6 Å². The van der Waals surface area contributed by atoms with Gasteiger partial charge in [0.2, 0.25) is 5.89 Å². The Bertz CT molecular complexity index is 984. The van der Waals surface area contributed by atoms with Crippen LogP contribution < -0.4 is 0 Å². The van der Waals surface area contributed by atoms with Crippen LogP contribution in [0.4, 0.5) is 5.69 Å². The molecular formula is C17H11Cl2N3O5. The van der Waals surface area contributed by atoms with Crippen LogP contribution in [0, 0.1) is 10.1 Å². The van der Waals surface area contributed by atoms with Crippen LogP contribution in [-0.2, 0) is 4.74 Å². The molecule has 0 amide bonds. The van der Waals surface area contributed by atoms with Crippen molar-refractivity contribution < 1.29 is 18.9 Å². The van der Waals surface area contributed by atoms with E-state index in [-0.39, 0.29) is 33.1 Å². The first-order chi connectivity index (χ1) is 12.9. The fourth-order valence-electron chi connectivity index (χ4n) is 2.20. The molecule has 1 atom stereocenters. The van der Waals surface area contributed by atoms with Crippen molar-refractivity contribution in [2.24, 2.45) is 0 Å². The van der Waals surface area contributed by atoms with Crippen LogP contribution in [0.2, 0.25) is 10.0 Å². The predicted molar refractivity (Wildman–Crippen MR) is 96.7 cm³/mol. The minimum absolute atomic E-state index is 0.0443. The molecule has 3 aromatic rings. The van der Waals surface area contributed by atoms with Crippen molar-refractivity contribution in [2.45, 2.75) is 13.0 Å². The summed E-state index contributed by atoms with van der Waals surface area (Å²) in [6, 6.07) is 10.3. The number of nitrogens with zero attached hydrogens (tertiary/aromatic N) is 3. The van der Waals surface area contributed by atoms with Gasteiger partial charge in [0.15, 0.2) is 6.10 Å². The third-order valence-electron chi connectivity index (χ3n) is 3.56. The van der Waals surface area contributed by atoms with E-state index in [1.54, 1.807) is 13.0 Å². The van der Waals surface area contributed by atoms with Crippen molar-refractivity contribution in [3.05, 3.63) is 74.1 Å². The van der Waals surface area contributed by atoms with E-state index in [0.29, 0.717) is 5.56 Å². The van der Waals surface area contributed by atoms with E-state index < -0.39 is 17.0 Å². The van der Waals surface area contributed by atoms with Gasteiger partial charge >= 0.3 is 5.97 Å². The summed E-state index contributed by atoms with van der Waals surface area (Å²) in [5.41, 5.74) is 0.479. The Balaban J connectivity index is 1.76. The van der Waals surface area contributed by atoms with Crippen molar-refractivity contribution in [2.75, 3.05) is 0 Å². The van der Waals surface area contributed by atoms with Gasteiger partial charge in [-0.25, -0.2) is 4.79 Å². The normalized spacial score (nSPS) is 11.8. The monoisotopic (exact) mass is 407 g/mol. The molecule has 0 aliphatic rings. The third-order valence-corrected chi connectivity index (χ3v) is 4.19. The molecule has 0 N–H and O–H groups in total. The molecule has 0 saturated heterocycles. The highest BCUT2D eigenvalue weighted by Crippen LogP contribution is 2.28. The molecule has 10 heteroatoms. The maximum absolute atomic E-state index is 12.3. The largest absolute Gasteiger partial charge is 0.449 e. The first-order valence-electron chi connectivity index (χ1n) is 7.60. The summed E-state index contributed by atoms with van der Waals surface area (Å²) >= 11 is 12.0. The van der Waals surface area contributed by atoms with Crippen molar-refractivity contribution >= 4 is 34.9 Å². The SMILES string of the molecule is C[C@H](OC(=O)c1c(Cl)cccc1Cl)c1nnc(-c2ccc([N+](=O)[O-])cc2)o1. The molecule has 0 aliphatic heterocycles. The Morgan fingerprint density at radius 2 is 1.78 bits per heavy atom. The first-order valence-corrected chi connectivity index (χ1v) is 8.35. The van der Waals surface area contributed by atoms with Crippen LogP contribution in [0.1, 0.15) is 29.3 Å². The maximum atomic E-state index is 12.3. The molecule has 2 aromatic carbocycles. The zero-order valence-corrected chi connectivity index (χ0v) is 15.3. The summed E-state index contributed by atoms with van der Waals surface area (Å²) in [6.45, 7) is 1.55. The van der Waals surface area contributed by atoms with Gasteiger partial charge in [0.1, 0.15) is 0 Å². The number of ether oxygens (including phenoxy) is 1. The van der Waals surface area contributed by atoms with E-state index in [0.717, 1.165) is 0 Å².